The molecule has 3 aromatic rings. The zero-order chi connectivity index (χ0) is 21.9. The number of nitrogens with zero attached hydrogens (tertiary/aromatic N) is 2. The molecule has 0 unspecified atom stereocenters. The molecule has 0 atom stereocenters. The third-order valence-electron chi connectivity index (χ3n) is 4.02. The molecule has 158 valence electrons. The molecule has 0 radical (unpaired) electrons. The number of benzene rings is 2. The van der Waals surface area contributed by atoms with Gasteiger partial charge in [-0.15, -0.1) is 4.83 Å². The molecular weight excluding hydrogens is 435 g/mol. The third kappa shape index (κ3) is 4.78. The summed E-state index contributed by atoms with van der Waals surface area (Å²) in [4.78, 5) is 18.4. The van der Waals surface area contributed by atoms with Gasteiger partial charge in [0, 0.05) is 18.8 Å². The summed E-state index contributed by atoms with van der Waals surface area (Å²) in [5.74, 6) is -1.49. The molecule has 11 heteroatoms. The van der Waals surface area contributed by atoms with Crippen molar-refractivity contribution in [1.29, 1.82) is 0 Å². The number of aromatic nitrogens is 2. The topological polar surface area (TPSA) is 102 Å². The maximum atomic E-state index is 14.4. The summed E-state index contributed by atoms with van der Waals surface area (Å²) in [6.07, 6.45) is 3.21. The monoisotopic (exact) mass is 452 g/mol. The van der Waals surface area contributed by atoms with Crippen molar-refractivity contribution in [3.05, 3.63) is 65.3 Å². The number of imidazole rings is 1. The fraction of sp³-hybridized carbons (Fsp3) is 0.158. The second kappa shape index (κ2) is 8.82. The van der Waals surface area contributed by atoms with Crippen molar-refractivity contribution in [2.45, 2.75) is 11.8 Å². The minimum Gasteiger partial charge on any atom is -0.494 e. The van der Waals surface area contributed by atoms with E-state index in [0.29, 0.717) is 23.6 Å². The van der Waals surface area contributed by atoms with Crippen molar-refractivity contribution < 1.29 is 22.3 Å². The Kier molecular flexibility index (Phi) is 6.40. The molecule has 2 aromatic carbocycles. The van der Waals surface area contributed by atoms with E-state index in [9.17, 15) is 17.6 Å². The third-order valence-corrected chi connectivity index (χ3v) is 5.56. The average molecular weight is 453 g/mol. The van der Waals surface area contributed by atoms with Gasteiger partial charge in [-0.1, -0.05) is 11.6 Å². The van der Waals surface area contributed by atoms with Crippen LogP contribution in [0.15, 0.2) is 53.8 Å². The van der Waals surface area contributed by atoms with Crippen LogP contribution in [0.2, 0.25) is 5.02 Å². The number of nitrogens with one attached hydrogen (secondary N) is 2. The Bertz CT molecular complexity index is 1180. The lowest BCUT2D eigenvalue weighted by Crippen LogP contribution is -2.41. The molecule has 0 saturated heterocycles. The molecule has 0 bridgehead atoms. The summed E-state index contributed by atoms with van der Waals surface area (Å²) in [5.41, 5.74) is 2.44. The van der Waals surface area contributed by atoms with Gasteiger partial charge >= 0.3 is 0 Å². The molecule has 0 saturated carbocycles. The van der Waals surface area contributed by atoms with Gasteiger partial charge in [-0.2, -0.15) is 0 Å². The number of sulfonamides is 1. The number of carbonyl (C=O) groups excluding carboxylic acids is 1. The number of halogens is 2. The zero-order valence-corrected chi connectivity index (χ0v) is 17.6. The van der Waals surface area contributed by atoms with E-state index in [0.717, 1.165) is 0 Å². The number of hydrazine groups is 1. The van der Waals surface area contributed by atoms with Crippen LogP contribution in [0.3, 0.4) is 0 Å². The highest BCUT2D eigenvalue weighted by Crippen LogP contribution is 2.27. The van der Waals surface area contributed by atoms with Crippen LogP contribution >= 0.6 is 11.6 Å². The number of ether oxygens (including phenoxy) is 1. The minimum absolute atomic E-state index is 0.105. The maximum Gasteiger partial charge on any atom is 0.269 e. The van der Waals surface area contributed by atoms with E-state index in [2.05, 4.69) is 4.98 Å². The Morgan fingerprint density at radius 3 is 2.57 bits per heavy atom. The van der Waals surface area contributed by atoms with E-state index in [4.69, 9.17) is 16.3 Å². The molecule has 1 heterocycles. The Morgan fingerprint density at radius 1 is 1.27 bits per heavy atom. The van der Waals surface area contributed by atoms with E-state index in [1.807, 2.05) is 10.3 Å². The van der Waals surface area contributed by atoms with Crippen molar-refractivity contribution in [1.82, 2.24) is 19.8 Å². The molecular formula is C19H18ClFN4O4S. The molecule has 0 spiro atoms. The Hall–Kier alpha value is -2.95. The first-order chi connectivity index (χ1) is 14.2. The van der Waals surface area contributed by atoms with Gasteiger partial charge in [0.05, 0.1) is 34.1 Å². The average Bonchev–Trinajstić information content (AvgIpc) is 3.15. The Balaban J connectivity index is 1.79. The van der Waals surface area contributed by atoms with Crippen LogP contribution in [-0.2, 0) is 17.1 Å². The van der Waals surface area contributed by atoms with Crippen molar-refractivity contribution in [3.8, 4) is 17.0 Å². The highest BCUT2D eigenvalue weighted by Gasteiger charge is 2.20. The Morgan fingerprint density at radius 2 is 1.97 bits per heavy atom. The molecule has 0 aliphatic rings. The van der Waals surface area contributed by atoms with Gasteiger partial charge in [-0.25, -0.2) is 17.8 Å². The molecule has 0 fully saturated rings. The van der Waals surface area contributed by atoms with Crippen molar-refractivity contribution in [3.63, 3.8) is 0 Å². The van der Waals surface area contributed by atoms with Crippen molar-refractivity contribution in [2.24, 2.45) is 7.05 Å². The van der Waals surface area contributed by atoms with Crippen LogP contribution in [0.5, 0.6) is 5.75 Å². The molecule has 8 nitrogen and oxygen atoms in total. The number of amides is 1. The quantitative estimate of drug-likeness (QED) is 0.536. The van der Waals surface area contributed by atoms with E-state index < -0.39 is 27.3 Å². The van der Waals surface area contributed by atoms with Crippen LogP contribution in [0.1, 0.15) is 17.3 Å². The maximum absolute atomic E-state index is 14.4. The summed E-state index contributed by atoms with van der Waals surface area (Å²) >= 11 is 5.91. The number of aryl methyl sites for hydroxylation is 1. The predicted molar refractivity (Wildman–Crippen MR) is 109 cm³/mol. The SMILES string of the molecule is CCOc1ccc(S(=O)(=O)NNC(=O)c2cc(-c3cn(C)cn3)cc(Cl)c2F)cc1. The standard InChI is InChI=1S/C19H18ClFN4O4S/c1-3-29-13-4-6-14(7-5-13)30(27,28)24-23-19(26)15-8-12(9-16(20)18(15)21)17-10-25(2)11-22-17/h4-11,24H,3H2,1-2H3,(H,23,26). The molecule has 3 rings (SSSR count). The highest BCUT2D eigenvalue weighted by atomic mass is 35.5. The molecule has 2 N–H and O–H groups in total. The lowest BCUT2D eigenvalue weighted by molar-refractivity contribution is 0.0941. The normalized spacial score (nSPS) is 11.3. The number of hydrogen-bond acceptors (Lipinski definition) is 5. The summed E-state index contributed by atoms with van der Waals surface area (Å²) in [7, 11) is -2.33. The number of rotatable bonds is 7. The van der Waals surface area contributed by atoms with Gasteiger partial charge in [-0.05, 0) is 43.3 Å². The number of hydrogen-bond donors (Lipinski definition) is 2. The second-order valence-electron chi connectivity index (χ2n) is 6.21. The van der Waals surface area contributed by atoms with Crippen LogP contribution in [0, 0.1) is 5.82 Å². The van der Waals surface area contributed by atoms with Crippen LogP contribution < -0.4 is 15.0 Å². The molecule has 0 aliphatic carbocycles. The zero-order valence-electron chi connectivity index (χ0n) is 16.0. The fourth-order valence-electron chi connectivity index (χ4n) is 2.59. The minimum atomic E-state index is -4.09. The van der Waals surface area contributed by atoms with Crippen molar-refractivity contribution in [2.75, 3.05) is 6.61 Å². The lowest BCUT2D eigenvalue weighted by atomic mass is 10.1. The second-order valence-corrected chi connectivity index (χ2v) is 8.30. The van der Waals surface area contributed by atoms with Crippen LogP contribution in [-0.4, -0.2) is 30.5 Å². The van der Waals surface area contributed by atoms with Crippen LogP contribution in [0.4, 0.5) is 4.39 Å². The van der Waals surface area contributed by atoms with Crippen LogP contribution in [0.25, 0.3) is 11.3 Å². The summed E-state index contributed by atoms with van der Waals surface area (Å²) in [5, 5.41) is -0.294. The first-order valence-electron chi connectivity index (χ1n) is 8.73. The van der Waals surface area contributed by atoms with E-state index in [-0.39, 0.29) is 9.92 Å². The smallest absolute Gasteiger partial charge is 0.269 e. The molecule has 1 aromatic heterocycles. The first-order valence-corrected chi connectivity index (χ1v) is 10.6. The van der Waals surface area contributed by atoms with Gasteiger partial charge < -0.3 is 9.30 Å². The fourth-order valence-corrected chi connectivity index (χ4v) is 3.64. The van der Waals surface area contributed by atoms with Gasteiger partial charge in [0.15, 0.2) is 5.82 Å². The summed E-state index contributed by atoms with van der Waals surface area (Å²) in [6, 6.07) is 8.17. The van der Waals surface area contributed by atoms with Gasteiger partial charge in [0.25, 0.3) is 15.9 Å². The lowest BCUT2D eigenvalue weighted by Gasteiger charge is -2.11. The molecule has 0 aliphatic heterocycles. The predicted octanol–water partition coefficient (Wildman–Crippen LogP) is 2.90. The van der Waals surface area contributed by atoms with E-state index in [1.165, 1.54) is 42.7 Å². The Labute approximate surface area is 177 Å². The van der Waals surface area contributed by atoms with Crippen molar-refractivity contribution >= 4 is 27.5 Å². The summed E-state index contributed by atoms with van der Waals surface area (Å²) < 4.78 is 46.1. The van der Waals surface area contributed by atoms with Gasteiger partial charge in [0.1, 0.15) is 5.75 Å². The van der Waals surface area contributed by atoms with E-state index in [1.54, 1.807) is 24.7 Å². The number of carbonyl (C=O) groups is 1. The van der Waals surface area contributed by atoms with Gasteiger partial charge in [-0.3, -0.25) is 10.2 Å². The largest absolute Gasteiger partial charge is 0.494 e. The molecule has 30 heavy (non-hydrogen) atoms. The summed E-state index contributed by atoms with van der Waals surface area (Å²) in [6.45, 7) is 2.24. The highest BCUT2D eigenvalue weighted by molar-refractivity contribution is 7.89. The van der Waals surface area contributed by atoms with Gasteiger partial charge in [0.2, 0.25) is 0 Å². The molecule has 1 amide bonds. The first kappa shape index (κ1) is 21.8. The van der Waals surface area contributed by atoms with E-state index >= 15 is 0 Å².